The topological polar surface area (TPSA) is 102 Å². The average Bonchev–Trinajstić information content (AvgIpc) is 2.54. The molecule has 0 heterocycles. The van der Waals surface area contributed by atoms with Crippen molar-refractivity contribution in [3.05, 3.63) is 53.3 Å². The van der Waals surface area contributed by atoms with Crippen molar-refractivity contribution in [2.45, 2.75) is 16.7 Å². The fourth-order valence-electron chi connectivity index (χ4n) is 1.80. The molecule has 11 heteroatoms. The van der Waals surface area contributed by atoms with Crippen LogP contribution in [0, 0.1) is 5.82 Å². The normalized spacial score (nSPS) is 12.1. The van der Waals surface area contributed by atoms with Crippen LogP contribution >= 0.6 is 11.6 Å². The first-order valence-electron chi connectivity index (χ1n) is 6.87. The standard InChI is InChI=1S/C14H14ClFN2O5S2/c1-2-23-11-4-6-12(7-5-11)24(19,20)17-18-25(21,22)14-8-3-10(15)9-13(14)16/h3-9,17-18H,2H2,1H3. The quantitative estimate of drug-likeness (QED) is 0.683. The summed E-state index contributed by atoms with van der Waals surface area (Å²) in [6.07, 6.45) is 0. The number of halogens is 2. The number of hydrogen-bond acceptors (Lipinski definition) is 5. The van der Waals surface area contributed by atoms with Crippen molar-refractivity contribution in [3.8, 4) is 5.75 Å². The summed E-state index contributed by atoms with van der Waals surface area (Å²) in [6.45, 7) is 2.19. The molecule has 2 aromatic carbocycles. The molecule has 0 unspecified atom stereocenters. The van der Waals surface area contributed by atoms with Gasteiger partial charge in [-0.3, -0.25) is 0 Å². The number of nitrogens with one attached hydrogen (secondary N) is 2. The Morgan fingerprint density at radius 1 is 1.00 bits per heavy atom. The highest BCUT2D eigenvalue weighted by molar-refractivity contribution is 7.92. The molecule has 0 aromatic heterocycles. The Morgan fingerprint density at radius 2 is 1.60 bits per heavy atom. The summed E-state index contributed by atoms with van der Waals surface area (Å²) in [5.41, 5.74) is 0. The lowest BCUT2D eigenvalue weighted by Gasteiger charge is -2.10. The number of hydrogen-bond donors (Lipinski definition) is 2. The van der Waals surface area contributed by atoms with Gasteiger partial charge in [-0.15, -0.1) is 9.66 Å². The summed E-state index contributed by atoms with van der Waals surface area (Å²) in [5, 5.41) is 0.00594. The van der Waals surface area contributed by atoms with Crippen molar-refractivity contribution < 1.29 is 26.0 Å². The number of benzene rings is 2. The van der Waals surface area contributed by atoms with Gasteiger partial charge in [-0.25, -0.2) is 21.2 Å². The van der Waals surface area contributed by atoms with E-state index in [1.54, 1.807) is 16.6 Å². The Balaban J connectivity index is 2.18. The monoisotopic (exact) mass is 408 g/mol. The number of sulfonamides is 2. The molecule has 0 aliphatic rings. The van der Waals surface area contributed by atoms with Crippen LogP contribution in [-0.2, 0) is 20.0 Å². The van der Waals surface area contributed by atoms with Gasteiger partial charge in [-0.05, 0) is 49.4 Å². The molecule has 136 valence electrons. The largest absolute Gasteiger partial charge is 0.494 e. The fourth-order valence-corrected chi connectivity index (χ4v) is 4.12. The van der Waals surface area contributed by atoms with E-state index in [2.05, 4.69) is 0 Å². The lowest BCUT2D eigenvalue weighted by molar-refractivity contribution is 0.340. The molecule has 0 radical (unpaired) electrons. The fraction of sp³-hybridized carbons (Fsp3) is 0.143. The molecular weight excluding hydrogens is 395 g/mol. The summed E-state index contributed by atoms with van der Waals surface area (Å²) < 4.78 is 67.2. The summed E-state index contributed by atoms with van der Waals surface area (Å²) in [7, 11) is -8.66. The Bertz CT molecular complexity index is 963. The third-order valence-electron chi connectivity index (χ3n) is 2.94. The van der Waals surface area contributed by atoms with Gasteiger partial charge in [0, 0.05) is 5.02 Å². The predicted octanol–water partition coefficient (Wildman–Crippen LogP) is 2.05. The zero-order chi connectivity index (χ0) is 18.7. The highest BCUT2D eigenvalue weighted by Gasteiger charge is 2.23. The number of rotatable bonds is 7. The molecule has 0 atom stereocenters. The van der Waals surface area contributed by atoms with Crippen LogP contribution in [0.2, 0.25) is 5.02 Å². The molecule has 25 heavy (non-hydrogen) atoms. The maximum atomic E-state index is 13.7. The van der Waals surface area contributed by atoms with E-state index < -0.39 is 30.8 Å². The summed E-state index contributed by atoms with van der Waals surface area (Å²) in [4.78, 5) is 2.39. The van der Waals surface area contributed by atoms with Gasteiger partial charge in [0.15, 0.2) is 0 Å². The molecule has 2 aromatic rings. The van der Waals surface area contributed by atoms with E-state index in [9.17, 15) is 21.2 Å². The van der Waals surface area contributed by atoms with E-state index in [1.165, 1.54) is 30.3 Å². The van der Waals surface area contributed by atoms with Gasteiger partial charge < -0.3 is 4.74 Å². The minimum absolute atomic E-state index is 0.00594. The van der Waals surface area contributed by atoms with Gasteiger partial charge in [0.2, 0.25) is 0 Å². The van der Waals surface area contributed by atoms with Crippen LogP contribution in [-0.4, -0.2) is 23.4 Å². The smallest absolute Gasteiger partial charge is 0.257 e. The molecule has 0 bridgehead atoms. The Morgan fingerprint density at radius 3 is 2.16 bits per heavy atom. The molecule has 2 N–H and O–H groups in total. The van der Waals surface area contributed by atoms with Crippen LogP contribution in [0.1, 0.15) is 6.92 Å². The third kappa shape index (κ3) is 4.89. The van der Waals surface area contributed by atoms with Crippen molar-refractivity contribution in [3.63, 3.8) is 0 Å². The van der Waals surface area contributed by atoms with Crippen molar-refractivity contribution in [1.82, 2.24) is 9.66 Å². The third-order valence-corrected chi connectivity index (χ3v) is 5.85. The molecule has 0 saturated heterocycles. The van der Waals surface area contributed by atoms with E-state index >= 15 is 0 Å². The molecule has 0 aliphatic heterocycles. The van der Waals surface area contributed by atoms with E-state index in [4.69, 9.17) is 16.3 Å². The van der Waals surface area contributed by atoms with Crippen LogP contribution < -0.4 is 14.4 Å². The maximum absolute atomic E-state index is 13.7. The lowest BCUT2D eigenvalue weighted by Crippen LogP contribution is -2.41. The molecule has 0 saturated carbocycles. The van der Waals surface area contributed by atoms with Crippen molar-refractivity contribution in [2.75, 3.05) is 6.61 Å². The zero-order valence-electron chi connectivity index (χ0n) is 12.9. The second-order valence-corrected chi connectivity index (χ2v) is 8.46. The summed E-state index contributed by atoms with van der Waals surface area (Å²) in [6, 6.07) is 8.22. The predicted molar refractivity (Wildman–Crippen MR) is 89.7 cm³/mol. The summed E-state index contributed by atoms with van der Waals surface area (Å²) in [5.74, 6) is -0.648. The first-order chi connectivity index (χ1) is 11.7. The van der Waals surface area contributed by atoms with Gasteiger partial charge in [-0.2, -0.15) is 0 Å². The summed E-state index contributed by atoms with van der Waals surface area (Å²) >= 11 is 5.55. The second-order valence-electron chi connectivity index (χ2n) is 4.69. The van der Waals surface area contributed by atoms with Gasteiger partial charge >= 0.3 is 0 Å². The van der Waals surface area contributed by atoms with E-state index in [0.29, 0.717) is 12.4 Å². The van der Waals surface area contributed by atoms with Crippen LogP contribution in [0.3, 0.4) is 0 Å². The Labute approximate surface area is 149 Å². The van der Waals surface area contributed by atoms with E-state index in [-0.39, 0.29) is 9.92 Å². The van der Waals surface area contributed by atoms with Crippen LogP contribution in [0.25, 0.3) is 0 Å². The second kappa shape index (κ2) is 7.67. The van der Waals surface area contributed by atoms with E-state index in [1.807, 2.05) is 0 Å². The SMILES string of the molecule is CCOc1ccc(S(=O)(=O)NNS(=O)(=O)c2ccc(Cl)cc2F)cc1. The van der Waals surface area contributed by atoms with Gasteiger partial charge in [0.05, 0.1) is 11.5 Å². The first-order valence-corrected chi connectivity index (χ1v) is 10.2. The van der Waals surface area contributed by atoms with Gasteiger partial charge in [-0.1, -0.05) is 11.6 Å². The van der Waals surface area contributed by atoms with Gasteiger partial charge in [0.1, 0.15) is 16.5 Å². The molecule has 2 rings (SSSR count). The maximum Gasteiger partial charge on any atom is 0.257 e. The Hall–Kier alpha value is -1.72. The van der Waals surface area contributed by atoms with Crippen molar-refractivity contribution in [1.29, 1.82) is 0 Å². The van der Waals surface area contributed by atoms with E-state index in [0.717, 1.165) is 12.1 Å². The zero-order valence-corrected chi connectivity index (χ0v) is 15.3. The first kappa shape index (κ1) is 19.6. The van der Waals surface area contributed by atoms with Crippen molar-refractivity contribution in [2.24, 2.45) is 0 Å². The average molecular weight is 409 g/mol. The van der Waals surface area contributed by atoms with Crippen molar-refractivity contribution >= 4 is 31.6 Å². The van der Waals surface area contributed by atoms with Crippen LogP contribution in [0.5, 0.6) is 5.75 Å². The van der Waals surface area contributed by atoms with Crippen LogP contribution in [0.4, 0.5) is 4.39 Å². The molecule has 0 aliphatic carbocycles. The molecule has 7 nitrogen and oxygen atoms in total. The van der Waals surface area contributed by atoms with Gasteiger partial charge in [0.25, 0.3) is 20.0 Å². The minimum Gasteiger partial charge on any atom is -0.494 e. The Kier molecular flexibility index (Phi) is 6.01. The molecule has 0 spiro atoms. The highest BCUT2D eigenvalue weighted by atomic mass is 35.5. The number of ether oxygens (including phenoxy) is 1. The molecule has 0 amide bonds. The number of hydrazine groups is 1. The van der Waals surface area contributed by atoms with Crippen LogP contribution in [0.15, 0.2) is 52.3 Å². The minimum atomic E-state index is -4.46. The molecular formula is C14H14ClFN2O5S2. The highest BCUT2D eigenvalue weighted by Crippen LogP contribution is 2.19. The molecule has 0 fully saturated rings. The lowest BCUT2D eigenvalue weighted by atomic mass is 10.3.